The van der Waals surface area contributed by atoms with Crippen molar-refractivity contribution in [3.8, 4) is 0 Å². The average molecular weight is 256 g/mol. The van der Waals surface area contributed by atoms with Gasteiger partial charge in [-0.2, -0.15) is 0 Å². The Balaban J connectivity index is 2.30. The SMILES string of the molecule is CC(CCN)C(=O)N1CCC(CCC(=O)O)CC1. The van der Waals surface area contributed by atoms with E-state index in [4.69, 9.17) is 10.8 Å². The standard InChI is InChI=1S/C13H24N2O3/c1-10(4-7-14)13(18)15-8-5-11(6-9-15)2-3-12(16)17/h10-11H,2-9,14H2,1H3,(H,16,17). The summed E-state index contributed by atoms with van der Waals surface area (Å²) in [7, 11) is 0. The zero-order valence-electron chi connectivity index (χ0n) is 11.1. The van der Waals surface area contributed by atoms with Crippen molar-refractivity contribution >= 4 is 11.9 Å². The number of carboxylic acids is 1. The van der Waals surface area contributed by atoms with Gasteiger partial charge in [-0.25, -0.2) is 0 Å². The highest BCUT2D eigenvalue weighted by Crippen LogP contribution is 2.23. The van der Waals surface area contributed by atoms with Crippen LogP contribution in [0.5, 0.6) is 0 Å². The third-order valence-corrected chi connectivity index (χ3v) is 3.71. The molecule has 1 fully saturated rings. The molecule has 1 unspecified atom stereocenters. The van der Waals surface area contributed by atoms with Crippen LogP contribution in [0.15, 0.2) is 0 Å². The van der Waals surface area contributed by atoms with Crippen molar-refractivity contribution in [1.29, 1.82) is 0 Å². The highest BCUT2D eigenvalue weighted by atomic mass is 16.4. The van der Waals surface area contributed by atoms with Crippen molar-refractivity contribution in [2.45, 2.75) is 39.0 Å². The molecule has 1 rings (SSSR count). The Labute approximate surface area is 108 Å². The van der Waals surface area contributed by atoms with Gasteiger partial charge in [-0.15, -0.1) is 0 Å². The Morgan fingerprint density at radius 1 is 1.39 bits per heavy atom. The van der Waals surface area contributed by atoms with Gasteiger partial charge in [-0.1, -0.05) is 6.92 Å². The largest absolute Gasteiger partial charge is 0.481 e. The van der Waals surface area contributed by atoms with Crippen molar-refractivity contribution in [2.24, 2.45) is 17.6 Å². The van der Waals surface area contributed by atoms with E-state index in [0.717, 1.165) is 38.8 Å². The lowest BCUT2D eigenvalue weighted by molar-refractivity contribution is -0.139. The molecule has 5 nitrogen and oxygen atoms in total. The first-order valence-corrected chi connectivity index (χ1v) is 6.75. The maximum absolute atomic E-state index is 12.0. The van der Waals surface area contributed by atoms with Crippen LogP contribution in [-0.4, -0.2) is 41.5 Å². The lowest BCUT2D eigenvalue weighted by atomic mass is 9.91. The Morgan fingerprint density at radius 3 is 2.50 bits per heavy atom. The molecule has 1 heterocycles. The van der Waals surface area contributed by atoms with Gasteiger partial charge in [0.2, 0.25) is 5.91 Å². The molecule has 104 valence electrons. The van der Waals surface area contributed by atoms with E-state index in [-0.39, 0.29) is 18.2 Å². The molecule has 1 aliphatic rings. The first kappa shape index (κ1) is 15.0. The molecule has 1 amide bonds. The fourth-order valence-corrected chi connectivity index (χ4v) is 2.45. The molecule has 3 N–H and O–H groups in total. The molecule has 1 atom stereocenters. The van der Waals surface area contributed by atoms with Gasteiger partial charge in [-0.05, 0) is 38.1 Å². The number of likely N-dealkylation sites (tertiary alicyclic amines) is 1. The summed E-state index contributed by atoms with van der Waals surface area (Å²) in [4.78, 5) is 24.4. The van der Waals surface area contributed by atoms with Gasteiger partial charge in [0.15, 0.2) is 0 Å². The fraction of sp³-hybridized carbons (Fsp3) is 0.846. The van der Waals surface area contributed by atoms with E-state index in [1.54, 1.807) is 0 Å². The lowest BCUT2D eigenvalue weighted by Gasteiger charge is -2.33. The van der Waals surface area contributed by atoms with Gasteiger partial charge >= 0.3 is 5.97 Å². The topological polar surface area (TPSA) is 83.6 Å². The summed E-state index contributed by atoms with van der Waals surface area (Å²) in [6.07, 6.45) is 3.55. The first-order chi connectivity index (χ1) is 8.54. The molecule has 1 aliphatic heterocycles. The summed E-state index contributed by atoms with van der Waals surface area (Å²) in [6, 6.07) is 0. The normalized spacial score (nSPS) is 18.7. The minimum Gasteiger partial charge on any atom is -0.481 e. The van der Waals surface area contributed by atoms with Gasteiger partial charge in [0, 0.05) is 25.4 Å². The summed E-state index contributed by atoms with van der Waals surface area (Å²) < 4.78 is 0. The second-order valence-electron chi connectivity index (χ2n) is 5.18. The minimum absolute atomic E-state index is 0.00516. The molecule has 0 aliphatic carbocycles. The van der Waals surface area contributed by atoms with Crippen molar-refractivity contribution < 1.29 is 14.7 Å². The summed E-state index contributed by atoms with van der Waals surface area (Å²) in [5, 5.41) is 8.64. The Morgan fingerprint density at radius 2 is 2.00 bits per heavy atom. The highest BCUT2D eigenvalue weighted by molar-refractivity contribution is 5.78. The van der Waals surface area contributed by atoms with Crippen LogP contribution in [0.2, 0.25) is 0 Å². The Hall–Kier alpha value is -1.10. The van der Waals surface area contributed by atoms with Gasteiger partial charge in [0.05, 0.1) is 0 Å². The van der Waals surface area contributed by atoms with Crippen LogP contribution in [0.1, 0.15) is 39.0 Å². The second-order valence-corrected chi connectivity index (χ2v) is 5.18. The van der Waals surface area contributed by atoms with Crippen LogP contribution < -0.4 is 5.73 Å². The number of hydrogen-bond acceptors (Lipinski definition) is 3. The van der Waals surface area contributed by atoms with Crippen molar-refractivity contribution in [1.82, 2.24) is 4.90 Å². The third-order valence-electron chi connectivity index (χ3n) is 3.71. The molecule has 0 radical (unpaired) electrons. The third kappa shape index (κ3) is 4.64. The number of hydrogen-bond donors (Lipinski definition) is 2. The maximum atomic E-state index is 12.0. The van der Waals surface area contributed by atoms with E-state index in [0.29, 0.717) is 12.5 Å². The minimum atomic E-state index is -0.731. The number of rotatable bonds is 6. The molecule has 5 heteroatoms. The summed E-state index contributed by atoms with van der Waals surface area (Å²) in [5.74, 6) is -0.0808. The number of nitrogens with two attached hydrogens (primary N) is 1. The van der Waals surface area contributed by atoms with Crippen LogP contribution in [0.4, 0.5) is 0 Å². The lowest BCUT2D eigenvalue weighted by Crippen LogP contribution is -2.41. The van der Waals surface area contributed by atoms with Gasteiger partial charge in [0.25, 0.3) is 0 Å². The number of nitrogens with zero attached hydrogens (tertiary/aromatic N) is 1. The van der Waals surface area contributed by atoms with Gasteiger partial charge in [0.1, 0.15) is 0 Å². The Kier molecular flexibility index (Phi) is 6.12. The molecule has 0 aromatic rings. The molecule has 0 aromatic heterocycles. The second kappa shape index (κ2) is 7.36. The predicted octanol–water partition coefficient (Wildman–Crippen LogP) is 1.07. The van der Waals surface area contributed by atoms with E-state index in [2.05, 4.69) is 0 Å². The predicted molar refractivity (Wildman–Crippen MR) is 69.0 cm³/mol. The van der Waals surface area contributed by atoms with E-state index in [1.165, 1.54) is 0 Å². The van der Waals surface area contributed by atoms with E-state index in [9.17, 15) is 9.59 Å². The van der Waals surface area contributed by atoms with Gasteiger partial charge < -0.3 is 15.7 Å². The monoisotopic (exact) mass is 256 g/mol. The maximum Gasteiger partial charge on any atom is 0.303 e. The summed E-state index contributed by atoms with van der Waals surface area (Å²) >= 11 is 0. The van der Waals surface area contributed by atoms with Crippen LogP contribution in [0.25, 0.3) is 0 Å². The number of carboxylic acid groups (broad SMARTS) is 1. The zero-order chi connectivity index (χ0) is 13.5. The average Bonchev–Trinajstić information content (AvgIpc) is 2.36. The van der Waals surface area contributed by atoms with Crippen LogP contribution >= 0.6 is 0 Å². The quantitative estimate of drug-likeness (QED) is 0.744. The number of aliphatic carboxylic acids is 1. The molecule has 0 saturated carbocycles. The zero-order valence-corrected chi connectivity index (χ0v) is 11.1. The number of carbonyl (C=O) groups is 2. The van der Waals surface area contributed by atoms with Crippen LogP contribution in [0, 0.1) is 11.8 Å². The van der Waals surface area contributed by atoms with Crippen molar-refractivity contribution in [2.75, 3.05) is 19.6 Å². The summed E-state index contributed by atoms with van der Waals surface area (Å²) in [6.45, 7) is 3.99. The first-order valence-electron chi connectivity index (χ1n) is 6.75. The van der Waals surface area contributed by atoms with E-state index < -0.39 is 5.97 Å². The molecular weight excluding hydrogens is 232 g/mol. The number of piperidine rings is 1. The molecule has 0 spiro atoms. The smallest absolute Gasteiger partial charge is 0.303 e. The van der Waals surface area contributed by atoms with E-state index >= 15 is 0 Å². The number of amides is 1. The molecular formula is C13H24N2O3. The van der Waals surface area contributed by atoms with Gasteiger partial charge in [-0.3, -0.25) is 9.59 Å². The number of carbonyl (C=O) groups excluding carboxylic acids is 1. The Bertz CT molecular complexity index is 286. The fourth-order valence-electron chi connectivity index (χ4n) is 2.45. The van der Waals surface area contributed by atoms with Crippen LogP contribution in [0.3, 0.4) is 0 Å². The van der Waals surface area contributed by atoms with Crippen molar-refractivity contribution in [3.05, 3.63) is 0 Å². The highest BCUT2D eigenvalue weighted by Gasteiger charge is 2.25. The van der Waals surface area contributed by atoms with Crippen molar-refractivity contribution in [3.63, 3.8) is 0 Å². The molecule has 1 saturated heterocycles. The van der Waals surface area contributed by atoms with Crippen LogP contribution in [-0.2, 0) is 9.59 Å². The molecule has 18 heavy (non-hydrogen) atoms. The molecule has 0 aromatic carbocycles. The molecule has 0 bridgehead atoms. The van der Waals surface area contributed by atoms with E-state index in [1.807, 2.05) is 11.8 Å². The summed E-state index contributed by atoms with van der Waals surface area (Å²) in [5.41, 5.74) is 5.46.